The van der Waals surface area contributed by atoms with Crippen molar-refractivity contribution in [2.75, 3.05) is 13.2 Å². The number of halogens is 2. The molecule has 1 aliphatic rings. The van der Waals surface area contributed by atoms with Crippen LogP contribution in [0, 0.1) is 0 Å². The molecule has 1 aromatic rings. The van der Waals surface area contributed by atoms with Crippen LogP contribution in [0.1, 0.15) is 16.8 Å². The van der Waals surface area contributed by atoms with Gasteiger partial charge in [0.05, 0.1) is 28.3 Å². The maximum absolute atomic E-state index is 11.3. The summed E-state index contributed by atoms with van der Waals surface area (Å²) in [6, 6.07) is 1.47. The van der Waals surface area contributed by atoms with Crippen LogP contribution in [0.25, 0.3) is 0 Å². The van der Waals surface area contributed by atoms with Crippen LogP contribution in [0.3, 0.4) is 0 Å². The van der Waals surface area contributed by atoms with Gasteiger partial charge in [0.15, 0.2) is 11.5 Å². The van der Waals surface area contributed by atoms with E-state index in [1.54, 1.807) is 0 Å². The van der Waals surface area contributed by atoms with Gasteiger partial charge in [0, 0.05) is 6.42 Å². The Labute approximate surface area is 106 Å². The minimum absolute atomic E-state index is 0.241. The summed E-state index contributed by atoms with van der Waals surface area (Å²) < 4.78 is 11.5. The number of rotatable bonds is 1. The SMILES string of the molecule is NC(=O)c1cc(Cl)c(Br)c2c1OCCCO2. The van der Waals surface area contributed by atoms with E-state index in [1.165, 1.54) is 6.07 Å². The number of ether oxygens (including phenoxy) is 2. The molecule has 1 heterocycles. The van der Waals surface area contributed by atoms with Crippen LogP contribution in [-0.4, -0.2) is 19.1 Å². The first-order valence-corrected chi connectivity index (χ1v) is 5.85. The molecule has 0 saturated heterocycles. The molecule has 0 radical (unpaired) electrons. The number of fused-ring (bicyclic) bond motifs is 1. The van der Waals surface area contributed by atoms with Crippen molar-refractivity contribution in [2.24, 2.45) is 5.73 Å². The summed E-state index contributed by atoms with van der Waals surface area (Å²) in [5.41, 5.74) is 5.50. The van der Waals surface area contributed by atoms with Gasteiger partial charge in [-0.15, -0.1) is 0 Å². The van der Waals surface area contributed by atoms with E-state index in [0.29, 0.717) is 34.2 Å². The fraction of sp³-hybridized carbons (Fsp3) is 0.300. The highest BCUT2D eigenvalue weighted by molar-refractivity contribution is 9.10. The predicted octanol–water partition coefficient (Wildman–Crippen LogP) is 2.36. The molecule has 1 aromatic carbocycles. The molecule has 1 amide bonds. The second-order valence-electron chi connectivity index (χ2n) is 3.29. The number of hydrogen-bond acceptors (Lipinski definition) is 3. The maximum Gasteiger partial charge on any atom is 0.252 e. The average Bonchev–Trinajstić information content (AvgIpc) is 2.48. The molecular formula is C10H9BrClNO3. The molecule has 2 N–H and O–H groups in total. The van der Waals surface area contributed by atoms with Crippen LogP contribution in [0.5, 0.6) is 11.5 Å². The quantitative estimate of drug-likeness (QED) is 0.866. The monoisotopic (exact) mass is 305 g/mol. The highest BCUT2D eigenvalue weighted by atomic mass is 79.9. The molecule has 1 aliphatic heterocycles. The largest absolute Gasteiger partial charge is 0.489 e. The van der Waals surface area contributed by atoms with Gasteiger partial charge in [0.25, 0.3) is 5.91 Å². The normalized spacial score (nSPS) is 14.4. The summed E-state index contributed by atoms with van der Waals surface area (Å²) in [7, 11) is 0. The Kier molecular flexibility index (Phi) is 3.25. The first-order chi connectivity index (χ1) is 7.61. The molecule has 4 nitrogen and oxygen atoms in total. The number of carbonyl (C=O) groups is 1. The van der Waals surface area contributed by atoms with Gasteiger partial charge in [0.2, 0.25) is 0 Å². The number of carbonyl (C=O) groups excluding carboxylic acids is 1. The first-order valence-electron chi connectivity index (χ1n) is 4.68. The summed E-state index contributed by atoms with van der Waals surface area (Å²) in [5.74, 6) is 0.219. The lowest BCUT2D eigenvalue weighted by Crippen LogP contribution is -2.13. The van der Waals surface area contributed by atoms with Gasteiger partial charge < -0.3 is 15.2 Å². The number of primary amides is 1. The number of benzene rings is 1. The Morgan fingerprint density at radius 1 is 1.38 bits per heavy atom. The van der Waals surface area contributed by atoms with Gasteiger partial charge in [-0.05, 0) is 22.0 Å². The van der Waals surface area contributed by atoms with E-state index in [2.05, 4.69) is 15.9 Å². The summed E-state index contributed by atoms with van der Waals surface area (Å²) in [6.45, 7) is 1.01. The number of hydrogen-bond donors (Lipinski definition) is 1. The van der Waals surface area contributed by atoms with Gasteiger partial charge in [-0.2, -0.15) is 0 Å². The fourth-order valence-corrected chi connectivity index (χ4v) is 2.05. The molecule has 0 atom stereocenters. The summed E-state index contributed by atoms with van der Waals surface area (Å²) >= 11 is 9.25. The van der Waals surface area contributed by atoms with Crippen molar-refractivity contribution in [3.8, 4) is 11.5 Å². The van der Waals surface area contributed by atoms with Crippen LogP contribution in [0.2, 0.25) is 5.02 Å². The lowest BCUT2D eigenvalue weighted by Gasteiger charge is -2.13. The molecular weight excluding hydrogens is 297 g/mol. The Balaban J connectivity index is 2.64. The summed E-state index contributed by atoms with van der Waals surface area (Å²) in [6.07, 6.45) is 0.747. The van der Waals surface area contributed by atoms with Crippen molar-refractivity contribution in [2.45, 2.75) is 6.42 Å². The van der Waals surface area contributed by atoms with Gasteiger partial charge in [-0.25, -0.2) is 0 Å². The maximum atomic E-state index is 11.3. The van der Waals surface area contributed by atoms with E-state index in [4.69, 9.17) is 26.8 Å². The van der Waals surface area contributed by atoms with Crippen LogP contribution >= 0.6 is 27.5 Å². The lowest BCUT2D eigenvalue weighted by molar-refractivity contribution is 0.0996. The Hall–Kier alpha value is -0.940. The van der Waals surface area contributed by atoms with Crippen molar-refractivity contribution >= 4 is 33.4 Å². The summed E-state index contributed by atoms with van der Waals surface area (Å²) in [4.78, 5) is 11.3. The molecule has 16 heavy (non-hydrogen) atoms. The van der Waals surface area contributed by atoms with Crippen LogP contribution < -0.4 is 15.2 Å². The predicted molar refractivity (Wildman–Crippen MR) is 63.3 cm³/mol. The van der Waals surface area contributed by atoms with E-state index >= 15 is 0 Å². The van der Waals surface area contributed by atoms with Crippen molar-refractivity contribution in [1.82, 2.24) is 0 Å². The third-order valence-electron chi connectivity index (χ3n) is 2.18. The third kappa shape index (κ3) is 1.97. The van der Waals surface area contributed by atoms with Gasteiger partial charge in [-0.3, -0.25) is 4.79 Å². The van der Waals surface area contributed by atoms with Gasteiger partial charge >= 0.3 is 0 Å². The van der Waals surface area contributed by atoms with Crippen molar-refractivity contribution in [3.05, 3.63) is 21.1 Å². The highest BCUT2D eigenvalue weighted by Crippen LogP contribution is 2.43. The van der Waals surface area contributed by atoms with Crippen molar-refractivity contribution in [1.29, 1.82) is 0 Å². The number of nitrogens with two attached hydrogens (primary N) is 1. The third-order valence-corrected chi connectivity index (χ3v) is 3.49. The molecule has 0 saturated carbocycles. The van der Waals surface area contributed by atoms with E-state index < -0.39 is 5.91 Å². The minimum atomic E-state index is -0.587. The standard InChI is InChI=1S/C10H9BrClNO3/c11-7-6(12)4-5(10(13)14)8-9(7)16-3-1-2-15-8/h4H,1-3H2,(H2,13,14). The van der Waals surface area contributed by atoms with E-state index in [0.717, 1.165) is 6.42 Å². The highest BCUT2D eigenvalue weighted by Gasteiger charge is 2.23. The zero-order chi connectivity index (χ0) is 11.7. The zero-order valence-corrected chi connectivity index (χ0v) is 10.6. The second kappa shape index (κ2) is 4.51. The number of amides is 1. The molecule has 0 bridgehead atoms. The molecule has 2 rings (SSSR count). The van der Waals surface area contributed by atoms with Crippen LogP contribution in [0.4, 0.5) is 0 Å². The van der Waals surface area contributed by atoms with Gasteiger partial charge in [0.1, 0.15) is 0 Å². The molecule has 0 fully saturated rings. The molecule has 6 heteroatoms. The van der Waals surface area contributed by atoms with Gasteiger partial charge in [-0.1, -0.05) is 11.6 Å². The van der Waals surface area contributed by atoms with E-state index in [9.17, 15) is 4.79 Å². The molecule has 0 aliphatic carbocycles. The first kappa shape index (κ1) is 11.5. The Morgan fingerprint density at radius 2 is 2.00 bits per heavy atom. The van der Waals surface area contributed by atoms with E-state index in [-0.39, 0.29) is 5.56 Å². The van der Waals surface area contributed by atoms with Crippen molar-refractivity contribution in [3.63, 3.8) is 0 Å². The zero-order valence-electron chi connectivity index (χ0n) is 8.26. The minimum Gasteiger partial charge on any atom is -0.489 e. The van der Waals surface area contributed by atoms with Crippen LogP contribution in [-0.2, 0) is 0 Å². The lowest BCUT2D eigenvalue weighted by atomic mass is 10.1. The molecule has 0 unspecified atom stereocenters. The van der Waals surface area contributed by atoms with Crippen molar-refractivity contribution < 1.29 is 14.3 Å². The Bertz CT molecular complexity index is 450. The topological polar surface area (TPSA) is 61.6 Å². The molecule has 0 aromatic heterocycles. The van der Waals surface area contributed by atoms with E-state index in [1.807, 2.05) is 0 Å². The van der Waals surface area contributed by atoms with Crippen LogP contribution in [0.15, 0.2) is 10.5 Å². The summed E-state index contributed by atoms with van der Waals surface area (Å²) in [5, 5.41) is 0.373. The molecule has 0 spiro atoms. The molecule has 86 valence electrons. The average molecular weight is 307 g/mol. The Morgan fingerprint density at radius 3 is 2.62 bits per heavy atom. The fourth-order valence-electron chi connectivity index (χ4n) is 1.45. The second-order valence-corrected chi connectivity index (χ2v) is 4.49. The smallest absolute Gasteiger partial charge is 0.252 e.